The maximum atomic E-state index is 6.48. The number of aromatic nitrogens is 2. The number of rotatable bonds is 10. The number of nitrogens with zero attached hydrogens (tertiary/aromatic N) is 2. The van der Waals surface area contributed by atoms with Gasteiger partial charge in [0.25, 0.3) is 0 Å². The zero-order chi connectivity index (χ0) is 58.5. The van der Waals surface area contributed by atoms with Crippen molar-refractivity contribution < 1.29 is 4.42 Å². The van der Waals surface area contributed by atoms with E-state index in [0.29, 0.717) is 0 Å². The van der Waals surface area contributed by atoms with Crippen molar-refractivity contribution in [2.45, 2.75) is 19.6 Å². The molecule has 16 rings (SSSR count). The summed E-state index contributed by atoms with van der Waals surface area (Å²) >= 11 is 0. The highest BCUT2D eigenvalue weighted by molar-refractivity contribution is 8.34. The van der Waals surface area contributed by atoms with E-state index in [1.807, 2.05) is 6.07 Å². The predicted molar refractivity (Wildman–Crippen MR) is 385 cm³/mol. The summed E-state index contributed by atoms with van der Waals surface area (Å²) in [5, 5.41) is 7.03. The molecular formula is C78H57B5N2OS. The molecule has 0 unspecified atom stereocenters. The predicted octanol–water partition coefficient (Wildman–Crippen LogP) is 13.1. The molecule has 16 aromatic rings. The van der Waals surface area contributed by atoms with Gasteiger partial charge in [0, 0.05) is 69.4 Å². The molecule has 87 heavy (non-hydrogen) atoms. The summed E-state index contributed by atoms with van der Waals surface area (Å²) in [4.78, 5) is 5.31. The molecule has 0 amide bonds. The van der Waals surface area contributed by atoms with Gasteiger partial charge in [-0.2, -0.15) is 0 Å². The first-order valence-electron chi connectivity index (χ1n) is 30.1. The molecule has 0 N–H and O–H groups in total. The Kier molecular flexibility index (Phi) is 12.6. The molecule has 0 aliphatic rings. The maximum Gasteiger partial charge on any atom is 0.139 e. The fourth-order valence-electron chi connectivity index (χ4n) is 14.4. The van der Waals surface area contributed by atoms with Crippen LogP contribution >= 0.6 is 10.0 Å². The minimum Gasteiger partial charge on any atom is -0.456 e. The van der Waals surface area contributed by atoms with Crippen molar-refractivity contribution in [1.82, 2.24) is 9.13 Å². The zero-order valence-corrected chi connectivity index (χ0v) is 50.2. The standard InChI is InChI=1S/C78H57B5N2OS/c79-71-72(80)74(82)78(75(83)73(71)81)87(51-27-9-3-10-28-51,52-29-11-4-12-30-52)53-46-62(48-23-5-1-6-24-48)77(63(47-53)49-25-7-2-8-26-49)85-66-40-19-16-34-57(66)64-45-50(43-44-67(64)85)84-65-39-18-15-33-56(65)60-38-21-37-59(76(60)84)55-32-14-13-31-54(55)58-36-22-42-69-70(58)61-35-17-20-41-68(61)86-69/h1-47H,79-83H2. The Bertz CT molecular complexity index is 5280. The van der Waals surface area contributed by atoms with Crippen molar-refractivity contribution in [2.24, 2.45) is 0 Å². The quantitative estimate of drug-likeness (QED) is 0.125. The van der Waals surface area contributed by atoms with E-state index < -0.39 is 10.0 Å². The molecule has 3 nitrogen and oxygen atoms in total. The molecule has 0 bridgehead atoms. The highest BCUT2D eigenvalue weighted by atomic mass is 32.3. The molecule has 3 aromatic heterocycles. The zero-order valence-electron chi connectivity index (χ0n) is 49.3. The lowest BCUT2D eigenvalue weighted by Crippen LogP contribution is -2.56. The molecule has 0 spiro atoms. The number of para-hydroxylation sites is 4. The molecule has 9 heteroatoms. The van der Waals surface area contributed by atoms with Gasteiger partial charge in [-0.05, 0) is 112 Å². The lowest BCUT2D eigenvalue weighted by molar-refractivity contribution is 0.669. The van der Waals surface area contributed by atoms with Gasteiger partial charge in [0.05, 0.1) is 27.8 Å². The van der Waals surface area contributed by atoms with E-state index in [0.717, 1.165) is 83.2 Å². The first kappa shape index (κ1) is 52.5. The highest BCUT2D eigenvalue weighted by Gasteiger charge is 2.38. The van der Waals surface area contributed by atoms with Crippen LogP contribution in [0.1, 0.15) is 0 Å². The Morgan fingerprint density at radius 2 is 0.724 bits per heavy atom. The van der Waals surface area contributed by atoms with Crippen LogP contribution in [0.5, 0.6) is 0 Å². The van der Waals surface area contributed by atoms with Gasteiger partial charge in [0.15, 0.2) is 0 Å². The van der Waals surface area contributed by atoms with Crippen LogP contribution in [-0.4, -0.2) is 48.4 Å². The van der Waals surface area contributed by atoms with E-state index >= 15 is 0 Å². The summed E-state index contributed by atoms with van der Waals surface area (Å²) in [7, 11) is 9.49. The van der Waals surface area contributed by atoms with E-state index in [-0.39, 0.29) is 0 Å². The van der Waals surface area contributed by atoms with E-state index in [1.54, 1.807) is 0 Å². The summed E-state index contributed by atoms with van der Waals surface area (Å²) in [5.74, 6) is 0. The van der Waals surface area contributed by atoms with Gasteiger partial charge in [-0.1, -0.05) is 217 Å². The normalized spacial score (nSPS) is 12.1. The van der Waals surface area contributed by atoms with E-state index in [2.05, 4.69) is 327 Å². The van der Waals surface area contributed by atoms with Crippen molar-refractivity contribution in [3.05, 3.63) is 285 Å². The van der Waals surface area contributed by atoms with Crippen LogP contribution in [0.15, 0.2) is 309 Å². The second kappa shape index (κ2) is 20.9. The van der Waals surface area contributed by atoms with Crippen LogP contribution in [-0.2, 0) is 0 Å². The summed E-state index contributed by atoms with van der Waals surface area (Å²) in [6.07, 6.45) is 0. The summed E-state index contributed by atoms with van der Waals surface area (Å²) in [6.45, 7) is 0. The van der Waals surface area contributed by atoms with Crippen LogP contribution < -0.4 is 27.3 Å². The van der Waals surface area contributed by atoms with Crippen molar-refractivity contribution in [3.8, 4) is 55.9 Å². The smallest absolute Gasteiger partial charge is 0.139 e. The molecule has 3 heterocycles. The van der Waals surface area contributed by atoms with Gasteiger partial charge in [0.2, 0.25) is 0 Å². The van der Waals surface area contributed by atoms with Crippen molar-refractivity contribution >= 4 is 142 Å². The van der Waals surface area contributed by atoms with Crippen LogP contribution in [0.4, 0.5) is 0 Å². The molecule has 0 aliphatic heterocycles. The van der Waals surface area contributed by atoms with Crippen LogP contribution in [0.25, 0.3) is 121 Å². The number of furan rings is 1. The number of benzene rings is 13. The Hall–Kier alpha value is -10.1. The molecule has 406 valence electrons. The van der Waals surface area contributed by atoms with Gasteiger partial charge >= 0.3 is 0 Å². The summed E-state index contributed by atoms with van der Waals surface area (Å²) in [5.41, 5.74) is 24.7. The van der Waals surface area contributed by atoms with E-state index in [9.17, 15) is 0 Å². The first-order valence-corrected chi connectivity index (χ1v) is 31.8. The Balaban J connectivity index is 0.990. The second-order valence-electron chi connectivity index (χ2n) is 23.2. The fraction of sp³-hybridized carbons (Fsp3) is 0. The minimum absolute atomic E-state index is 0.886. The third kappa shape index (κ3) is 8.06. The van der Waals surface area contributed by atoms with E-state index in [4.69, 9.17) is 4.42 Å². The summed E-state index contributed by atoms with van der Waals surface area (Å²) in [6, 6.07) is 106. The monoisotopic (exact) mass is 1120 g/mol. The summed E-state index contributed by atoms with van der Waals surface area (Å²) < 4.78 is 11.6. The average molecular weight is 1120 g/mol. The van der Waals surface area contributed by atoms with Crippen molar-refractivity contribution in [2.75, 3.05) is 0 Å². The SMILES string of the molecule is Bc1c(B)c(B)c(S(c2ccccc2)(c2ccccc2)c2cc(-c3ccccc3)c(-n3c4ccccc4c4cc(-n5c6ccccc6c6cccc(-c7ccccc7-c7cccc8oc9ccccc9c78)c65)ccc43)c(-c3ccccc3)c2)c(B)c1B. The third-order valence-electron chi connectivity index (χ3n) is 18.8. The van der Waals surface area contributed by atoms with Gasteiger partial charge < -0.3 is 13.6 Å². The number of hydrogen-bond acceptors (Lipinski definition) is 1. The lowest BCUT2D eigenvalue weighted by atomic mass is 9.62. The van der Waals surface area contributed by atoms with Crippen LogP contribution in [0, 0.1) is 0 Å². The van der Waals surface area contributed by atoms with Crippen molar-refractivity contribution in [3.63, 3.8) is 0 Å². The average Bonchev–Trinajstić information content (AvgIpc) is 1.63. The van der Waals surface area contributed by atoms with Crippen molar-refractivity contribution in [1.29, 1.82) is 0 Å². The fourth-order valence-corrected chi connectivity index (χ4v) is 18.9. The topological polar surface area (TPSA) is 23.0 Å². The second-order valence-corrected chi connectivity index (χ2v) is 26.3. The molecule has 0 atom stereocenters. The Morgan fingerprint density at radius 3 is 1.34 bits per heavy atom. The molecule has 0 radical (unpaired) electrons. The Morgan fingerprint density at radius 1 is 0.287 bits per heavy atom. The lowest BCUT2D eigenvalue weighted by Gasteiger charge is -2.46. The molecule has 13 aromatic carbocycles. The number of fused-ring (bicyclic) bond motifs is 9. The number of hydrogen-bond donors (Lipinski definition) is 0. The molecule has 0 aliphatic carbocycles. The molecule has 0 fully saturated rings. The van der Waals surface area contributed by atoms with Gasteiger partial charge in [-0.3, -0.25) is 0 Å². The largest absolute Gasteiger partial charge is 0.456 e. The van der Waals surface area contributed by atoms with Gasteiger partial charge in [0.1, 0.15) is 50.4 Å². The van der Waals surface area contributed by atoms with Crippen LogP contribution in [0.3, 0.4) is 0 Å². The molecular weight excluding hydrogens is 1070 g/mol. The molecule has 0 saturated carbocycles. The molecule has 0 saturated heterocycles. The minimum atomic E-state index is -2.21. The highest BCUT2D eigenvalue weighted by Crippen LogP contribution is 2.73. The maximum absolute atomic E-state index is 6.48. The third-order valence-corrected chi connectivity index (χ3v) is 22.9. The van der Waals surface area contributed by atoms with Crippen LogP contribution in [0.2, 0.25) is 0 Å². The first-order chi connectivity index (χ1) is 42.8. The van der Waals surface area contributed by atoms with E-state index in [1.165, 1.54) is 85.1 Å². The Labute approximate surface area is 512 Å². The van der Waals surface area contributed by atoms with Gasteiger partial charge in [-0.15, -0.1) is 26.4 Å². The van der Waals surface area contributed by atoms with Gasteiger partial charge in [-0.25, -0.2) is 0 Å².